The molecule has 33 heavy (non-hydrogen) atoms. The fourth-order valence-corrected chi connectivity index (χ4v) is 3.74. The normalized spacial score (nSPS) is 14.9. The lowest BCUT2D eigenvalue weighted by molar-refractivity contribution is -0.111. The number of benzene rings is 3. The fourth-order valence-electron chi connectivity index (χ4n) is 3.62. The smallest absolute Gasteiger partial charge is 0.250 e. The second kappa shape index (κ2) is 9.14. The number of carbonyl (C=O) groups is 1. The lowest BCUT2D eigenvalue weighted by Crippen LogP contribution is -2.20. The molecule has 0 fully saturated rings. The Morgan fingerprint density at radius 1 is 0.970 bits per heavy atom. The molecule has 4 aromatic rings. The van der Waals surface area contributed by atoms with Gasteiger partial charge in [-0.15, -0.1) is 5.10 Å². The first-order valence-electron chi connectivity index (χ1n) is 10.5. The number of hydrogen-bond donors (Lipinski definition) is 2. The summed E-state index contributed by atoms with van der Waals surface area (Å²) in [7, 11) is 0. The first kappa shape index (κ1) is 20.7. The summed E-state index contributed by atoms with van der Waals surface area (Å²) in [4.78, 5) is 17.0. The van der Waals surface area contributed by atoms with Crippen LogP contribution in [0.1, 0.15) is 22.7 Å². The quantitative estimate of drug-likeness (QED) is 0.383. The van der Waals surface area contributed by atoms with Crippen molar-refractivity contribution in [2.45, 2.75) is 6.04 Å². The first-order chi connectivity index (χ1) is 16.2. The molecule has 0 bridgehead atoms. The van der Waals surface area contributed by atoms with Gasteiger partial charge in [-0.25, -0.2) is 4.68 Å². The first-order valence-corrected chi connectivity index (χ1v) is 10.8. The molecule has 1 aromatic heterocycles. The summed E-state index contributed by atoms with van der Waals surface area (Å²) >= 11 is 6.09. The molecular formula is C26H20ClN5O. The van der Waals surface area contributed by atoms with E-state index < -0.39 is 0 Å². The third-order valence-corrected chi connectivity index (χ3v) is 5.48. The van der Waals surface area contributed by atoms with Crippen LogP contribution in [-0.2, 0) is 4.79 Å². The van der Waals surface area contributed by atoms with Crippen LogP contribution in [0.3, 0.4) is 0 Å². The molecule has 0 saturated carbocycles. The van der Waals surface area contributed by atoms with Crippen molar-refractivity contribution in [3.8, 4) is 0 Å². The van der Waals surface area contributed by atoms with Crippen LogP contribution in [0, 0.1) is 0 Å². The van der Waals surface area contributed by atoms with Crippen LogP contribution >= 0.6 is 11.6 Å². The van der Waals surface area contributed by atoms with Crippen LogP contribution in [0.4, 0.5) is 11.9 Å². The van der Waals surface area contributed by atoms with E-state index >= 15 is 0 Å². The highest BCUT2D eigenvalue weighted by Gasteiger charge is 2.25. The molecule has 5 rings (SSSR count). The number of nitrogens with zero attached hydrogens (tertiary/aromatic N) is 3. The molecule has 1 aliphatic rings. The van der Waals surface area contributed by atoms with Crippen molar-refractivity contribution in [3.05, 3.63) is 119 Å². The molecule has 7 heteroatoms. The van der Waals surface area contributed by atoms with Gasteiger partial charge in [0.15, 0.2) is 0 Å². The average Bonchev–Trinajstić information content (AvgIpc) is 3.26. The second-order valence-electron chi connectivity index (χ2n) is 7.50. The molecule has 6 nitrogen and oxygen atoms in total. The van der Waals surface area contributed by atoms with Crippen LogP contribution in [0.2, 0.25) is 5.02 Å². The maximum Gasteiger partial charge on any atom is 0.250 e. The van der Waals surface area contributed by atoms with E-state index in [1.165, 1.54) is 6.08 Å². The predicted octanol–water partition coefficient (Wildman–Crippen LogP) is 5.64. The van der Waals surface area contributed by atoms with Crippen molar-refractivity contribution in [1.82, 2.24) is 14.8 Å². The summed E-state index contributed by atoms with van der Waals surface area (Å²) in [5, 5.41) is 11.3. The summed E-state index contributed by atoms with van der Waals surface area (Å²) in [5.41, 5.74) is 3.88. The van der Waals surface area contributed by atoms with Gasteiger partial charge < -0.3 is 5.32 Å². The number of halogens is 1. The standard InChI is InChI=1S/C26H20ClN5O/c27-21-14-12-20(13-15-21)23-17-22(19-9-5-2-6-10-19)28-26-30-25(31-32(23)26)29-24(33)16-11-18-7-3-1-4-8-18/h1-17,23H,(H2,28,29,30,31,33)/b16-11+. The van der Waals surface area contributed by atoms with Crippen molar-refractivity contribution in [3.63, 3.8) is 0 Å². The zero-order valence-corrected chi connectivity index (χ0v) is 18.3. The lowest BCUT2D eigenvalue weighted by Gasteiger charge is -2.24. The molecule has 1 atom stereocenters. The maximum absolute atomic E-state index is 12.4. The third-order valence-electron chi connectivity index (χ3n) is 5.22. The number of carbonyl (C=O) groups excluding carboxylic acids is 1. The van der Waals surface area contributed by atoms with Gasteiger partial charge in [-0.05, 0) is 41.0 Å². The molecular weight excluding hydrogens is 434 g/mol. The summed E-state index contributed by atoms with van der Waals surface area (Å²) < 4.78 is 1.76. The number of anilines is 2. The maximum atomic E-state index is 12.4. The lowest BCUT2D eigenvalue weighted by atomic mass is 10.0. The molecule has 0 aliphatic carbocycles. The monoisotopic (exact) mass is 453 g/mol. The van der Waals surface area contributed by atoms with Crippen LogP contribution in [0.5, 0.6) is 0 Å². The predicted molar refractivity (Wildman–Crippen MR) is 132 cm³/mol. The second-order valence-corrected chi connectivity index (χ2v) is 7.94. The molecule has 0 saturated heterocycles. The highest BCUT2D eigenvalue weighted by atomic mass is 35.5. The zero-order valence-electron chi connectivity index (χ0n) is 17.5. The molecule has 162 valence electrons. The van der Waals surface area contributed by atoms with E-state index in [0.717, 1.165) is 22.4 Å². The van der Waals surface area contributed by atoms with Gasteiger partial charge in [0, 0.05) is 16.8 Å². The Morgan fingerprint density at radius 3 is 2.39 bits per heavy atom. The van der Waals surface area contributed by atoms with Gasteiger partial charge in [-0.1, -0.05) is 84.4 Å². The molecule has 0 radical (unpaired) electrons. The molecule has 3 aromatic carbocycles. The van der Waals surface area contributed by atoms with Crippen molar-refractivity contribution >= 4 is 41.2 Å². The zero-order chi connectivity index (χ0) is 22.6. The van der Waals surface area contributed by atoms with Crippen LogP contribution in [0.15, 0.2) is 97.1 Å². The topological polar surface area (TPSA) is 71.8 Å². The molecule has 1 unspecified atom stereocenters. The van der Waals surface area contributed by atoms with Crippen LogP contribution in [-0.4, -0.2) is 20.7 Å². The molecule has 1 aliphatic heterocycles. The molecule has 1 amide bonds. The summed E-state index contributed by atoms with van der Waals surface area (Å²) in [6.45, 7) is 0. The van der Waals surface area contributed by atoms with E-state index in [1.807, 2.05) is 84.9 Å². The highest BCUT2D eigenvalue weighted by Crippen LogP contribution is 2.33. The van der Waals surface area contributed by atoms with Crippen molar-refractivity contribution < 1.29 is 4.79 Å². The van der Waals surface area contributed by atoms with E-state index in [1.54, 1.807) is 10.8 Å². The van der Waals surface area contributed by atoms with Gasteiger partial charge in [0.25, 0.3) is 11.9 Å². The number of nitrogens with one attached hydrogen (secondary N) is 2. The van der Waals surface area contributed by atoms with Gasteiger partial charge in [-0.2, -0.15) is 4.98 Å². The van der Waals surface area contributed by atoms with Gasteiger partial charge in [0.1, 0.15) is 6.04 Å². The van der Waals surface area contributed by atoms with Crippen LogP contribution in [0.25, 0.3) is 11.8 Å². The minimum absolute atomic E-state index is 0.216. The Morgan fingerprint density at radius 2 is 1.67 bits per heavy atom. The summed E-state index contributed by atoms with van der Waals surface area (Å²) in [5.74, 6) is 0.460. The highest BCUT2D eigenvalue weighted by molar-refractivity contribution is 6.30. The van der Waals surface area contributed by atoms with E-state index in [4.69, 9.17) is 11.6 Å². The summed E-state index contributed by atoms with van der Waals surface area (Å²) in [6.07, 6.45) is 5.30. The minimum atomic E-state index is -0.305. The van der Waals surface area contributed by atoms with E-state index in [9.17, 15) is 4.79 Å². The van der Waals surface area contributed by atoms with Crippen molar-refractivity contribution in [2.75, 3.05) is 10.6 Å². The van der Waals surface area contributed by atoms with E-state index in [0.29, 0.717) is 11.0 Å². The Kier molecular flexibility index (Phi) is 5.74. The Bertz CT molecular complexity index is 1330. The molecule has 2 heterocycles. The molecule has 0 spiro atoms. The number of hydrogen-bond acceptors (Lipinski definition) is 4. The minimum Gasteiger partial charge on any atom is -0.324 e. The summed E-state index contributed by atoms with van der Waals surface area (Å²) in [6, 6.07) is 27.0. The third kappa shape index (κ3) is 4.71. The Hall–Kier alpha value is -4.16. The number of aromatic nitrogens is 3. The van der Waals surface area contributed by atoms with Gasteiger partial charge in [0.05, 0.1) is 0 Å². The van der Waals surface area contributed by atoms with Gasteiger partial charge in [-0.3, -0.25) is 10.1 Å². The Balaban J connectivity index is 1.44. The van der Waals surface area contributed by atoms with E-state index in [-0.39, 0.29) is 17.9 Å². The average molecular weight is 454 g/mol. The Labute approximate surface area is 196 Å². The van der Waals surface area contributed by atoms with Crippen molar-refractivity contribution in [1.29, 1.82) is 0 Å². The molecule has 2 N–H and O–H groups in total. The van der Waals surface area contributed by atoms with Gasteiger partial charge >= 0.3 is 0 Å². The number of fused-ring (bicyclic) bond motifs is 1. The van der Waals surface area contributed by atoms with Crippen molar-refractivity contribution in [2.24, 2.45) is 0 Å². The van der Waals surface area contributed by atoms with Crippen LogP contribution < -0.4 is 10.6 Å². The number of rotatable bonds is 5. The largest absolute Gasteiger partial charge is 0.324 e. The van der Waals surface area contributed by atoms with E-state index in [2.05, 4.69) is 26.8 Å². The number of amides is 1. The number of allylic oxidation sites excluding steroid dienone is 1. The fraction of sp³-hybridized carbons (Fsp3) is 0.0385. The SMILES string of the molecule is O=C(/C=C/c1ccccc1)Nc1nc2n(n1)C(c1ccc(Cl)cc1)C=C(c1ccccc1)N2. The van der Waals surface area contributed by atoms with Gasteiger partial charge in [0.2, 0.25) is 5.95 Å².